The topological polar surface area (TPSA) is 88.0 Å². The number of amides is 1. The number of rotatable bonds is 5. The average Bonchev–Trinajstić information content (AvgIpc) is 3.03. The molecule has 4 rings (SSSR count). The molecule has 2 heterocycles. The van der Waals surface area contributed by atoms with Gasteiger partial charge in [0.1, 0.15) is 0 Å². The molecule has 1 amide bonds. The molecule has 1 saturated heterocycles. The van der Waals surface area contributed by atoms with Crippen molar-refractivity contribution in [3.63, 3.8) is 0 Å². The van der Waals surface area contributed by atoms with Crippen LogP contribution in [-0.4, -0.2) is 39.7 Å². The van der Waals surface area contributed by atoms with E-state index in [2.05, 4.69) is 20.5 Å². The Kier molecular flexibility index (Phi) is 6.50. The number of imidazole rings is 1. The van der Waals surface area contributed by atoms with Gasteiger partial charge in [0.05, 0.1) is 17.4 Å². The lowest BCUT2D eigenvalue weighted by atomic mass is 9.88. The molecule has 2 fully saturated rings. The monoisotopic (exact) mass is 407 g/mol. The number of hydrogen-bond donors (Lipinski definition) is 2. The summed E-state index contributed by atoms with van der Waals surface area (Å²) in [7, 11) is 0. The van der Waals surface area contributed by atoms with E-state index in [1.54, 1.807) is 0 Å². The van der Waals surface area contributed by atoms with Crippen molar-refractivity contribution >= 4 is 28.7 Å². The zero-order valence-corrected chi connectivity index (χ0v) is 17.7. The van der Waals surface area contributed by atoms with E-state index < -0.39 is 0 Å². The van der Waals surface area contributed by atoms with Crippen LogP contribution in [-0.2, 0) is 11.3 Å². The molecule has 6 heteroatoms. The summed E-state index contributed by atoms with van der Waals surface area (Å²) in [5.41, 5.74) is 9.26. The molecule has 1 aromatic carbocycles. The largest absolute Gasteiger partial charge is 0.404 e. The second-order valence-corrected chi connectivity index (χ2v) is 8.82. The number of nitrogens with zero attached hydrogens (tertiary/aromatic N) is 3. The van der Waals surface area contributed by atoms with Crippen molar-refractivity contribution < 1.29 is 4.79 Å². The Morgan fingerprint density at radius 2 is 1.97 bits per heavy atom. The third-order valence-electron chi connectivity index (χ3n) is 6.86. The first-order valence-electron chi connectivity index (χ1n) is 11.4. The van der Waals surface area contributed by atoms with Gasteiger partial charge >= 0.3 is 0 Å². The fourth-order valence-corrected chi connectivity index (χ4v) is 5.07. The number of fused-ring (bicyclic) bond motifs is 1. The molecule has 0 bridgehead atoms. The number of benzene rings is 1. The number of nitrogens with one attached hydrogen (secondary N) is 1. The van der Waals surface area contributed by atoms with Crippen molar-refractivity contribution in [2.45, 2.75) is 57.9 Å². The van der Waals surface area contributed by atoms with Crippen molar-refractivity contribution in [1.29, 1.82) is 5.41 Å². The molecule has 0 radical (unpaired) electrons. The van der Waals surface area contributed by atoms with Crippen molar-refractivity contribution in [2.75, 3.05) is 13.1 Å². The molecule has 1 saturated carbocycles. The molecule has 2 aliphatic rings. The van der Waals surface area contributed by atoms with Gasteiger partial charge in [0, 0.05) is 43.5 Å². The van der Waals surface area contributed by atoms with Crippen LogP contribution in [0, 0.1) is 17.2 Å². The van der Waals surface area contributed by atoms with Crippen LogP contribution in [0.5, 0.6) is 0 Å². The molecule has 1 aromatic heterocycles. The Balaban J connectivity index is 1.40. The Hall–Kier alpha value is -2.63. The quantitative estimate of drug-likeness (QED) is 0.728. The maximum atomic E-state index is 12.9. The Morgan fingerprint density at radius 1 is 1.13 bits per heavy atom. The predicted octanol–water partition coefficient (Wildman–Crippen LogP) is 4.19. The number of carbonyl (C=O) groups is 1. The SMILES string of the molecule is N=C/C(=C\N)c1ccc2c(c1)ncn2CC1CCCN(C(=O)C2CCCCC2)CC1. The molecule has 1 aliphatic heterocycles. The number of likely N-dealkylation sites (tertiary alicyclic amines) is 1. The standard InChI is InChI=1S/C24H33N5O/c25-14-21(15-26)20-8-9-23-22(13-20)27-17-29(23)16-18-5-4-11-28(12-10-18)24(30)19-6-2-1-3-7-19/h8-9,13-15,17-19,25H,1-7,10-12,16,26H2/b21-15+,25-14?. The summed E-state index contributed by atoms with van der Waals surface area (Å²) in [6.45, 7) is 2.74. The summed E-state index contributed by atoms with van der Waals surface area (Å²) in [5, 5.41) is 7.49. The van der Waals surface area contributed by atoms with E-state index in [0.717, 1.165) is 68.3 Å². The first kappa shape index (κ1) is 20.6. The minimum Gasteiger partial charge on any atom is -0.404 e. The molecular formula is C24H33N5O. The van der Waals surface area contributed by atoms with Gasteiger partial charge in [-0.2, -0.15) is 0 Å². The molecule has 1 aliphatic carbocycles. The molecule has 2 aromatic rings. The van der Waals surface area contributed by atoms with Crippen LogP contribution in [0.3, 0.4) is 0 Å². The van der Waals surface area contributed by atoms with Gasteiger partial charge in [-0.1, -0.05) is 25.3 Å². The van der Waals surface area contributed by atoms with Crippen LogP contribution >= 0.6 is 0 Å². The van der Waals surface area contributed by atoms with Crippen LogP contribution in [0.2, 0.25) is 0 Å². The summed E-state index contributed by atoms with van der Waals surface area (Å²) >= 11 is 0. The van der Waals surface area contributed by atoms with Gasteiger partial charge in [0.25, 0.3) is 0 Å². The number of aromatic nitrogens is 2. The summed E-state index contributed by atoms with van der Waals surface area (Å²) in [6.07, 6.45) is 13.8. The zero-order chi connectivity index (χ0) is 20.9. The van der Waals surface area contributed by atoms with E-state index in [1.165, 1.54) is 31.7 Å². The average molecular weight is 408 g/mol. The molecule has 3 N–H and O–H groups in total. The second-order valence-electron chi connectivity index (χ2n) is 8.82. The van der Waals surface area contributed by atoms with Gasteiger partial charge in [0.2, 0.25) is 5.91 Å². The number of nitrogens with two attached hydrogens (primary N) is 1. The molecule has 0 spiro atoms. The second kappa shape index (κ2) is 9.45. The van der Waals surface area contributed by atoms with E-state index in [1.807, 2.05) is 18.5 Å². The number of carbonyl (C=O) groups excluding carboxylic acids is 1. The van der Waals surface area contributed by atoms with Gasteiger partial charge in [0.15, 0.2) is 0 Å². The molecule has 30 heavy (non-hydrogen) atoms. The lowest BCUT2D eigenvalue weighted by Gasteiger charge is -2.28. The Morgan fingerprint density at radius 3 is 2.73 bits per heavy atom. The first-order chi connectivity index (χ1) is 14.7. The fourth-order valence-electron chi connectivity index (χ4n) is 5.07. The van der Waals surface area contributed by atoms with Crippen LogP contribution in [0.4, 0.5) is 0 Å². The molecular weight excluding hydrogens is 374 g/mol. The smallest absolute Gasteiger partial charge is 0.225 e. The van der Waals surface area contributed by atoms with E-state index in [-0.39, 0.29) is 5.92 Å². The van der Waals surface area contributed by atoms with Gasteiger partial charge < -0.3 is 20.6 Å². The summed E-state index contributed by atoms with van der Waals surface area (Å²) in [6, 6.07) is 6.06. The fraction of sp³-hybridized carbons (Fsp3) is 0.542. The maximum Gasteiger partial charge on any atom is 0.225 e. The van der Waals surface area contributed by atoms with Crippen molar-refractivity contribution in [2.24, 2.45) is 17.6 Å². The van der Waals surface area contributed by atoms with Crippen molar-refractivity contribution in [3.8, 4) is 0 Å². The summed E-state index contributed by atoms with van der Waals surface area (Å²) in [4.78, 5) is 19.6. The molecule has 1 unspecified atom stereocenters. The highest BCUT2D eigenvalue weighted by molar-refractivity contribution is 6.08. The third-order valence-corrected chi connectivity index (χ3v) is 6.86. The number of hydrogen-bond acceptors (Lipinski definition) is 4. The molecule has 6 nitrogen and oxygen atoms in total. The molecule has 160 valence electrons. The highest BCUT2D eigenvalue weighted by Crippen LogP contribution is 2.28. The van der Waals surface area contributed by atoms with Gasteiger partial charge in [-0.05, 0) is 55.7 Å². The lowest BCUT2D eigenvalue weighted by molar-refractivity contribution is -0.136. The minimum absolute atomic E-state index is 0.274. The van der Waals surface area contributed by atoms with Crippen LogP contribution in [0.1, 0.15) is 56.9 Å². The Bertz CT molecular complexity index is 925. The van der Waals surface area contributed by atoms with E-state index in [4.69, 9.17) is 11.1 Å². The highest BCUT2D eigenvalue weighted by Gasteiger charge is 2.28. The maximum absolute atomic E-state index is 12.9. The van der Waals surface area contributed by atoms with Crippen LogP contribution < -0.4 is 5.73 Å². The Labute approximate surface area is 178 Å². The van der Waals surface area contributed by atoms with Crippen LogP contribution in [0.25, 0.3) is 16.6 Å². The minimum atomic E-state index is 0.274. The highest BCUT2D eigenvalue weighted by atomic mass is 16.2. The van der Waals surface area contributed by atoms with Crippen molar-refractivity contribution in [3.05, 3.63) is 36.3 Å². The summed E-state index contributed by atoms with van der Waals surface area (Å²) in [5.74, 6) is 1.24. The van der Waals surface area contributed by atoms with Gasteiger partial charge in [-0.25, -0.2) is 4.98 Å². The first-order valence-corrected chi connectivity index (χ1v) is 11.4. The normalized spacial score (nSPS) is 21.5. The van der Waals surface area contributed by atoms with Gasteiger partial charge in [-0.15, -0.1) is 0 Å². The zero-order valence-electron chi connectivity index (χ0n) is 17.7. The number of allylic oxidation sites excluding steroid dienone is 1. The summed E-state index contributed by atoms with van der Waals surface area (Å²) < 4.78 is 2.23. The lowest BCUT2D eigenvalue weighted by Crippen LogP contribution is -2.37. The van der Waals surface area contributed by atoms with Crippen LogP contribution in [0.15, 0.2) is 30.7 Å². The van der Waals surface area contributed by atoms with Gasteiger partial charge in [-0.3, -0.25) is 4.79 Å². The van der Waals surface area contributed by atoms with E-state index in [9.17, 15) is 4.79 Å². The van der Waals surface area contributed by atoms with E-state index in [0.29, 0.717) is 17.4 Å². The molecule has 1 atom stereocenters. The predicted molar refractivity (Wildman–Crippen MR) is 121 cm³/mol. The third kappa shape index (κ3) is 4.42. The van der Waals surface area contributed by atoms with E-state index >= 15 is 0 Å². The van der Waals surface area contributed by atoms with Crippen molar-refractivity contribution in [1.82, 2.24) is 14.5 Å².